The van der Waals surface area contributed by atoms with Gasteiger partial charge in [0.25, 0.3) is 0 Å². The molecule has 0 aromatic rings. The monoisotopic (exact) mass is 983 g/mol. The highest BCUT2D eigenvalue weighted by Gasteiger charge is 2.19. The minimum atomic E-state index is -0.773. The molecule has 0 saturated heterocycles. The van der Waals surface area contributed by atoms with Crippen LogP contribution in [-0.4, -0.2) is 37.2 Å². The van der Waals surface area contributed by atoms with Crippen LogP contribution >= 0.6 is 0 Å². The van der Waals surface area contributed by atoms with Crippen LogP contribution in [0.4, 0.5) is 0 Å². The summed E-state index contributed by atoms with van der Waals surface area (Å²) in [6, 6.07) is 0. The van der Waals surface area contributed by atoms with Crippen LogP contribution in [-0.2, 0) is 28.6 Å². The zero-order valence-electron chi connectivity index (χ0n) is 47.1. The Bertz CT molecular complexity index is 1170. The third-order valence-electron chi connectivity index (χ3n) is 13.9. The van der Waals surface area contributed by atoms with E-state index in [1.54, 1.807) is 0 Å². The van der Waals surface area contributed by atoms with Crippen LogP contribution in [0.2, 0.25) is 0 Å². The molecule has 0 heterocycles. The predicted molar refractivity (Wildman–Crippen MR) is 302 cm³/mol. The van der Waals surface area contributed by atoms with Gasteiger partial charge in [-0.15, -0.1) is 0 Å². The normalized spacial score (nSPS) is 12.2. The van der Waals surface area contributed by atoms with Gasteiger partial charge in [0, 0.05) is 19.3 Å². The zero-order chi connectivity index (χ0) is 50.7. The van der Waals surface area contributed by atoms with E-state index < -0.39 is 6.10 Å². The van der Waals surface area contributed by atoms with E-state index in [1.807, 2.05) is 0 Å². The van der Waals surface area contributed by atoms with Crippen LogP contribution < -0.4 is 0 Å². The quantitative estimate of drug-likeness (QED) is 0.0261. The fraction of sp³-hybridized carbons (Fsp3) is 0.859. The van der Waals surface area contributed by atoms with Crippen molar-refractivity contribution in [3.05, 3.63) is 36.5 Å². The molecule has 0 radical (unpaired) electrons. The van der Waals surface area contributed by atoms with Crippen LogP contribution in [0, 0.1) is 0 Å². The lowest BCUT2D eigenvalue weighted by atomic mass is 10.0. The summed E-state index contributed by atoms with van der Waals surface area (Å²) in [6.45, 7) is 6.66. The van der Waals surface area contributed by atoms with Gasteiger partial charge in [0.05, 0.1) is 0 Å². The van der Waals surface area contributed by atoms with Crippen LogP contribution in [0.15, 0.2) is 36.5 Å². The number of carbonyl (C=O) groups is 3. The maximum atomic E-state index is 12.9. The van der Waals surface area contributed by atoms with Crippen molar-refractivity contribution >= 4 is 17.9 Å². The first kappa shape index (κ1) is 67.6. The van der Waals surface area contributed by atoms with Gasteiger partial charge in [-0.3, -0.25) is 14.4 Å². The first-order chi connectivity index (χ1) is 34.5. The minimum absolute atomic E-state index is 0.0714. The van der Waals surface area contributed by atoms with E-state index in [4.69, 9.17) is 14.2 Å². The number of allylic oxidation sites excluding steroid dienone is 6. The second-order valence-electron chi connectivity index (χ2n) is 21.0. The molecule has 0 amide bonds. The minimum Gasteiger partial charge on any atom is -0.462 e. The standard InChI is InChI=1S/C64H118O6/c1-4-7-10-13-16-19-22-24-26-28-29-30-31-32-33-34-35-36-38-39-42-45-48-51-54-57-63(66)69-60-61(59-68-62(65)56-53-50-47-44-41-21-18-15-12-9-6-3)70-64(67)58-55-52-49-46-43-40-37-27-25-23-20-17-14-11-8-5-2/h22,24,27-29,37,61H,4-21,23,25-26,30-36,38-60H2,1-3H3/b24-22-,29-28-,37-27-. The third kappa shape index (κ3) is 56.5. The van der Waals surface area contributed by atoms with Crippen LogP contribution in [0.3, 0.4) is 0 Å². The molecular weight excluding hydrogens is 865 g/mol. The van der Waals surface area contributed by atoms with E-state index in [1.165, 1.54) is 225 Å². The molecule has 6 heteroatoms. The molecule has 0 aromatic carbocycles. The van der Waals surface area contributed by atoms with Crippen LogP contribution in [0.25, 0.3) is 0 Å². The Balaban J connectivity index is 4.22. The highest BCUT2D eigenvalue weighted by atomic mass is 16.6. The fourth-order valence-electron chi connectivity index (χ4n) is 9.18. The molecule has 0 aliphatic rings. The van der Waals surface area contributed by atoms with Crippen LogP contribution in [0.1, 0.15) is 335 Å². The Labute approximate surface area is 435 Å². The molecule has 0 aliphatic carbocycles. The number of hydrogen-bond donors (Lipinski definition) is 0. The number of carbonyl (C=O) groups excluding carboxylic acids is 3. The van der Waals surface area contributed by atoms with Crippen molar-refractivity contribution in [3.63, 3.8) is 0 Å². The van der Waals surface area contributed by atoms with Crippen molar-refractivity contribution in [3.8, 4) is 0 Å². The molecule has 1 unspecified atom stereocenters. The number of rotatable bonds is 57. The van der Waals surface area contributed by atoms with E-state index in [-0.39, 0.29) is 31.1 Å². The molecule has 0 fully saturated rings. The average molecular weight is 984 g/mol. The summed E-state index contributed by atoms with van der Waals surface area (Å²) in [6.07, 6.45) is 71.5. The van der Waals surface area contributed by atoms with Gasteiger partial charge < -0.3 is 14.2 Å². The third-order valence-corrected chi connectivity index (χ3v) is 13.9. The largest absolute Gasteiger partial charge is 0.462 e. The Morgan fingerprint density at radius 3 is 0.800 bits per heavy atom. The molecule has 0 spiro atoms. The lowest BCUT2D eigenvalue weighted by Gasteiger charge is -2.18. The number of unbranched alkanes of at least 4 members (excludes halogenated alkanes) is 40. The summed E-state index contributed by atoms with van der Waals surface area (Å²) in [5.41, 5.74) is 0. The number of esters is 3. The summed E-state index contributed by atoms with van der Waals surface area (Å²) in [4.78, 5) is 38.2. The average Bonchev–Trinajstić information content (AvgIpc) is 3.36. The smallest absolute Gasteiger partial charge is 0.306 e. The summed E-state index contributed by atoms with van der Waals surface area (Å²) in [7, 11) is 0. The molecule has 0 rings (SSSR count). The molecule has 0 saturated carbocycles. The molecule has 410 valence electrons. The summed E-state index contributed by atoms with van der Waals surface area (Å²) >= 11 is 0. The fourth-order valence-corrected chi connectivity index (χ4v) is 9.18. The van der Waals surface area contributed by atoms with Crippen molar-refractivity contribution in [2.45, 2.75) is 341 Å². The Kier molecular flexibility index (Phi) is 57.2. The summed E-state index contributed by atoms with van der Waals surface area (Å²) in [5.74, 6) is -0.862. The zero-order valence-corrected chi connectivity index (χ0v) is 47.1. The Hall–Kier alpha value is -2.37. The van der Waals surface area contributed by atoms with E-state index >= 15 is 0 Å². The lowest BCUT2D eigenvalue weighted by Crippen LogP contribution is -2.30. The Morgan fingerprint density at radius 2 is 0.514 bits per heavy atom. The van der Waals surface area contributed by atoms with E-state index in [0.29, 0.717) is 19.3 Å². The first-order valence-corrected chi connectivity index (χ1v) is 31.0. The van der Waals surface area contributed by atoms with Gasteiger partial charge in [0.15, 0.2) is 6.10 Å². The number of hydrogen-bond acceptors (Lipinski definition) is 6. The van der Waals surface area contributed by atoms with Crippen molar-refractivity contribution in [1.29, 1.82) is 0 Å². The SMILES string of the molecule is CCCCCCC/C=C\C/C=C\CCCCCCCCCCCCCCCC(=O)OCC(COC(=O)CCCCCCCCCCCCC)OC(=O)CCCCCCC/C=C\CCCCCCCCC. The second kappa shape index (κ2) is 59.2. The van der Waals surface area contributed by atoms with Crippen molar-refractivity contribution in [2.75, 3.05) is 13.2 Å². The van der Waals surface area contributed by atoms with Crippen molar-refractivity contribution in [1.82, 2.24) is 0 Å². The predicted octanol–water partition coefficient (Wildman–Crippen LogP) is 20.8. The van der Waals surface area contributed by atoms with Gasteiger partial charge in [-0.2, -0.15) is 0 Å². The molecule has 0 bridgehead atoms. The summed E-state index contributed by atoms with van der Waals surface area (Å²) in [5, 5.41) is 0. The van der Waals surface area contributed by atoms with Gasteiger partial charge in [0.2, 0.25) is 0 Å². The maximum Gasteiger partial charge on any atom is 0.306 e. The molecule has 1 atom stereocenters. The number of ether oxygens (including phenoxy) is 3. The van der Waals surface area contributed by atoms with Crippen LogP contribution in [0.5, 0.6) is 0 Å². The van der Waals surface area contributed by atoms with Crippen molar-refractivity contribution in [2.24, 2.45) is 0 Å². The summed E-state index contributed by atoms with van der Waals surface area (Å²) < 4.78 is 16.9. The van der Waals surface area contributed by atoms with E-state index in [0.717, 1.165) is 70.6 Å². The van der Waals surface area contributed by atoms with Gasteiger partial charge >= 0.3 is 17.9 Å². The molecule has 0 aliphatic heterocycles. The highest BCUT2D eigenvalue weighted by Crippen LogP contribution is 2.17. The second-order valence-corrected chi connectivity index (χ2v) is 21.0. The van der Waals surface area contributed by atoms with Crippen molar-refractivity contribution < 1.29 is 28.6 Å². The van der Waals surface area contributed by atoms with Gasteiger partial charge in [-0.1, -0.05) is 276 Å². The van der Waals surface area contributed by atoms with E-state index in [2.05, 4.69) is 57.2 Å². The highest BCUT2D eigenvalue weighted by molar-refractivity contribution is 5.71. The molecule has 0 N–H and O–H groups in total. The molecule has 70 heavy (non-hydrogen) atoms. The maximum absolute atomic E-state index is 12.9. The first-order valence-electron chi connectivity index (χ1n) is 31.0. The topological polar surface area (TPSA) is 78.9 Å². The molecular formula is C64H118O6. The molecule has 0 aromatic heterocycles. The lowest BCUT2D eigenvalue weighted by molar-refractivity contribution is -0.167. The van der Waals surface area contributed by atoms with Gasteiger partial charge in [-0.25, -0.2) is 0 Å². The van der Waals surface area contributed by atoms with E-state index in [9.17, 15) is 14.4 Å². The molecule has 6 nitrogen and oxygen atoms in total. The van der Waals surface area contributed by atoms with Gasteiger partial charge in [0.1, 0.15) is 13.2 Å². The van der Waals surface area contributed by atoms with Gasteiger partial charge in [-0.05, 0) is 77.0 Å². The Morgan fingerprint density at radius 1 is 0.286 bits per heavy atom.